The highest BCUT2D eigenvalue weighted by Gasteiger charge is 2.21. The summed E-state index contributed by atoms with van der Waals surface area (Å²) in [6.45, 7) is 7.34. The molecule has 17 heavy (non-hydrogen) atoms. The fourth-order valence-electron chi connectivity index (χ4n) is 1.09. The Morgan fingerprint density at radius 3 is 2.47 bits per heavy atom. The molecule has 5 nitrogen and oxygen atoms in total. The van der Waals surface area contributed by atoms with Crippen molar-refractivity contribution in [2.75, 3.05) is 5.32 Å². The minimum absolute atomic E-state index is 0.115. The Bertz CT molecular complexity index is 382. The van der Waals surface area contributed by atoms with E-state index in [0.717, 1.165) is 0 Å². The lowest BCUT2D eigenvalue weighted by Gasteiger charge is -2.17. The molecule has 0 aliphatic carbocycles. The molecule has 1 rings (SSSR count). The molecule has 0 spiro atoms. The summed E-state index contributed by atoms with van der Waals surface area (Å²) in [6, 6.07) is 0. The average Bonchev–Trinajstić information content (AvgIpc) is 2.27. The predicted molar refractivity (Wildman–Crippen MR) is 65.4 cm³/mol. The SMILES string of the molecule is CCC(O)c1cnc(NC(=O)C(C)(C)C)cn1. The number of nitrogens with one attached hydrogen (secondary N) is 1. The van der Waals surface area contributed by atoms with Gasteiger partial charge in [-0.3, -0.25) is 9.78 Å². The van der Waals surface area contributed by atoms with Gasteiger partial charge >= 0.3 is 0 Å². The van der Waals surface area contributed by atoms with Crippen LogP contribution in [0.4, 0.5) is 5.82 Å². The van der Waals surface area contributed by atoms with Crippen molar-refractivity contribution in [2.24, 2.45) is 5.41 Å². The quantitative estimate of drug-likeness (QED) is 0.842. The van der Waals surface area contributed by atoms with Crippen LogP contribution in [0.3, 0.4) is 0 Å². The summed E-state index contributed by atoms with van der Waals surface area (Å²) < 4.78 is 0. The van der Waals surface area contributed by atoms with E-state index in [1.807, 2.05) is 27.7 Å². The van der Waals surface area contributed by atoms with Crippen molar-refractivity contribution in [1.29, 1.82) is 0 Å². The number of aliphatic hydroxyl groups is 1. The van der Waals surface area contributed by atoms with E-state index in [9.17, 15) is 9.90 Å². The van der Waals surface area contributed by atoms with Crippen LogP contribution in [0.2, 0.25) is 0 Å². The van der Waals surface area contributed by atoms with E-state index in [1.165, 1.54) is 12.4 Å². The zero-order valence-corrected chi connectivity index (χ0v) is 10.7. The molecule has 1 unspecified atom stereocenters. The van der Waals surface area contributed by atoms with Crippen LogP contribution in [0.1, 0.15) is 45.9 Å². The number of amides is 1. The molecule has 0 saturated carbocycles. The molecule has 0 aliphatic rings. The van der Waals surface area contributed by atoms with Gasteiger partial charge in [-0.2, -0.15) is 0 Å². The number of hydrogen-bond donors (Lipinski definition) is 2. The summed E-state index contributed by atoms with van der Waals surface area (Å²) in [5.41, 5.74) is 0.0461. The summed E-state index contributed by atoms with van der Waals surface area (Å²) in [5, 5.41) is 12.2. The monoisotopic (exact) mass is 237 g/mol. The number of carbonyl (C=O) groups excluding carboxylic acids is 1. The molecule has 0 aromatic carbocycles. The van der Waals surface area contributed by atoms with Gasteiger partial charge in [-0.15, -0.1) is 0 Å². The maximum atomic E-state index is 11.7. The molecule has 94 valence electrons. The van der Waals surface area contributed by atoms with Crippen LogP contribution in [-0.4, -0.2) is 21.0 Å². The van der Waals surface area contributed by atoms with E-state index >= 15 is 0 Å². The molecule has 0 saturated heterocycles. The van der Waals surface area contributed by atoms with Crippen molar-refractivity contribution in [3.63, 3.8) is 0 Å². The predicted octanol–water partition coefficient (Wildman–Crippen LogP) is 1.90. The highest BCUT2D eigenvalue weighted by atomic mass is 16.3. The molecule has 0 bridgehead atoms. The van der Waals surface area contributed by atoms with E-state index < -0.39 is 11.5 Å². The van der Waals surface area contributed by atoms with Gasteiger partial charge in [0.1, 0.15) is 0 Å². The van der Waals surface area contributed by atoms with Gasteiger partial charge in [0.15, 0.2) is 5.82 Å². The fourth-order valence-corrected chi connectivity index (χ4v) is 1.09. The van der Waals surface area contributed by atoms with Crippen LogP contribution >= 0.6 is 0 Å². The molecule has 1 atom stereocenters. The molecule has 0 aliphatic heterocycles. The summed E-state index contributed by atoms with van der Waals surface area (Å²) in [5.74, 6) is 0.285. The normalized spacial score (nSPS) is 13.2. The number of aromatic nitrogens is 2. The van der Waals surface area contributed by atoms with E-state index in [-0.39, 0.29) is 5.91 Å². The van der Waals surface area contributed by atoms with Gasteiger partial charge < -0.3 is 10.4 Å². The second-order valence-electron chi connectivity index (χ2n) is 4.95. The summed E-state index contributed by atoms with van der Waals surface area (Å²) in [6.07, 6.45) is 2.92. The minimum atomic E-state index is -0.602. The van der Waals surface area contributed by atoms with E-state index in [0.29, 0.717) is 17.9 Å². The first-order chi connectivity index (χ1) is 7.84. The topological polar surface area (TPSA) is 75.1 Å². The number of rotatable bonds is 3. The van der Waals surface area contributed by atoms with Crippen molar-refractivity contribution in [2.45, 2.75) is 40.2 Å². The Morgan fingerprint density at radius 2 is 2.06 bits per heavy atom. The standard InChI is InChI=1S/C12H19N3O2/c1-5-9(16)8-6-14-10(7-13-8)15-11(17)12(2,3)4/h6-7,9,16H,5H2,1-4H3,(H,14,15,17). The number of hydrogen-bond acceptors (Lipinski definition) is 4. The highest BCUT2D eigenvalue weighted by molar-refractivity contribution is 5.93. The van der Waals surface area contributed by atoms with Crippen LogP contribution in [0.25, 0.3) is 0 Å². The molecule has 2 N–H and O–H groups in total. The smallest absolute Gasteiger partial charge is 0.230 e. The van der Waals surface area contributed by atoms with E-state index in [4.69, 9.17) is 0 Å². The molecular weight excluding hydrogens is 218 g/mol. The van der Waals surface area contributed by atoms with Gasteiger partial charge in [-0.25, -0.2) is 4.98 Å². The second kappa shape index (κ2) is 5.23. The lowest BCUT2D eigenvalue weighted by Crippen LogP contribution is -2.28. The second-order valence-corrected chi connectivity index (χ2v) is 4.95. The Kier molecular flexibility index (Phi) is 4.17. The van der Waals surface area contributed by atoms with E-state index in [2.05, 4.69) is 15.3 Å². The first kappa shape index (κ1) is 13.6. The Labute approximate surface area is 101 Å². The largest absolute Gasteiger partial charge is 0.387 e. The van der Waals surface area contributed by atoms with Crippen LogP contribution < -0.4 is 5.32 Å². The molecule has 0 radical (unpaired) electrons. The van der Waals surface area contributed by atoms with Gasteiger partial charge in [0.05, 0.1) is 24.2 Å². The Balaban J connectivity index is 2.72. The maximum absolute atomic E-state index is 11.7. The molecular formula is C12H19N3O2. The van der Waals surface area contributed by atoms with Crippen molar-refractivity contribution in [3.8, 4) is 0 Å². The van der Waals surface area contributed by atoms with Crippen molar-refractivity contribution >= 4 is 11.7 Å². The molecule has 1 aromatic rings. The Morgan fingerprint density at radius 1 is 1.41 bits per heavy atom. The summed E-state index contributed by atoms with van der Waals surface area (Å²) in [4.78, 5) is 19.8. The van der Waals surface area contributed by atoms with E-state index in [1.54, 1.807) is 0 Å². The third-order valence-electron chi connectivity index (χ3n) is 2.32. The zero-order valence-electron chi connectivity index (χ0n) is 10.7. The van der Waals surface area contributed by atoms with Crippen LogP contribution in [-0.2, 0) is 4.79 Å². The summed E-state index contributed by atoms with van der Waals surface area (Å²) >= 11 is 0. The van der Waals surface area contributed by atoms with Crippen molar-refractivity contribution in [3.05, 3.63) is 18.1 Å². The molecule has 0 fully saturated rings. The first-order valence-electron chi connectivity index (χ1n) is 5.66. The van der Waals surface area contributed by atoms with Gasteiger partial charge in [-0.1, -0.05) is 27.7 Å². The van der Waals surface area contributed by atoms with Gasteiger partial charge in [0, 0.05) is 5.41 Å². The van der Waals surface area contributed by atoms with Crippen LogP contribution in [0.5, 0.6) is 0 Å². The van der Waals surface area contributed by atoms with Crippen molar-refractivity contribution < 1.29 is 9.90 Å². The third kappa shape index (κ3) is 3.78. The summed E-state index contributed by atoms with van der Waals surface area (Å²) in [7, 11) is 0. The van der Waals surface area contributed by atoms with Crippen molar-refractivity contribution in [1.82, 2.24) is 9.97 Å². The number of carbonyl (C=O) groups is 1. The third-order valence-corrected chi connectivity index (χ3v) is 2.32. The highest BCUT2D eigenvalue weighted by Crippen LogP contribution is 2.17. The fraction of sp³-hybridized carbons (Fsp3) is 0.583. The molecule has 1 heterocycles. The average molecular weight is 237 g/mol. The molecule has 1 aromatic heterocycles. The lowest BCUT2D eigenvalue weighted by molar-refractivity contribution is -0.123. The van der Waals surface area contributed by atoms with Crippen LogP contribution in [0.15, 0.2) is 12.4 Å². The number of anilines is 1. The molecule has 1 amide bonds. The number of aliphatic hydroxyl groups excluding tert-OH is 1. The minimum Gasteiger partial charge on any atom is -0.387 e. The van der Waals surface area contributed by atoms with Gasteiger partial charge in [0.2, 0.25) is 5.91 Å². The molecule has 5 heteroatoms. The first-order valence-corrected chi connectivity index (χ1v) is 5.66. The number of nitrogens with zero attached hydrogens (tertiary/aromatic N) is 2. The van der Waals surface area contributed by atoms with Gasteiger partial charge in [-0.05, 0) is 6.42 Å². The zero-order chi connectivity index (χ0) is 13.1. The maximum Gasteiger partial charge on any atom is 0.230 e. The lowest BCUT2D eigenvalue weighted by atomic mass is 9.96. The Hall–Kier alpha value is -1.49. The van der Waals surface area contributed by atoms with Gasteiger partial charge in [0.25, 0.3) is 0 Å². The van der Waals surface area contributed by atoms with Crippen LogP contribution in [0, 0.1) is 5.41 Å².